The first kappa shape index (κ1) is 12.2. The molecule has 0 fully saturated rings. The van der Waals surface area contributed by atoms with Crippen molar-refractivity contribution in [3.05, 3.63) is 18.0 Å². The lowest BCUT2D eigenvalue weighted by molar-refractivity contribution is 0.0540. The maximum Gasteiger partial charge on any atom is 0.0624 e. The molecule has 0 spiro atoms. The van der Waals surface area contributed by atoms with Gasteiger partial charge in [0.15, 0.2) is 0 Å². The summed E-state index contributed by atoms with van der Waals surface area (Å²) in [6.45, 7) is 6.20. The van der Waals surface area contributed by atoms with Crippen LogP contribution in [0.15, 0.2) is 12.3 Å². The summed E-state index contributed by atoms with van der Waals surface area (Å²) in [5.41, 5.74) is 1.10. The van der Waals surface area contributed by atoms with Crippen LogP contribution >= 0.6 is 0 Å². The summed E-state index contributed by atoms with van der Waals surface area (Å²) in [4.78, 5) is 0. The smallest absolute Gasteiger partial charge is 0.0624 e. The highest BCUT2D eigenvalue weighted by atomic mass is 16.3. The van der Waals surface area contributed by atoms with Gasteiger partial charge in [-0.15, -0.1) is 0 Å². The summed E-state index contributed by atoms with van der Waals surface area (Å²) < 4.78 is 1.82. The molecule has 1 aromatic heterocycles. The summed E-state index contributed by atoms with van der Waals surface area (Å²) in [6, 6.07) is 2.03. The Bertz CT molecular complexity index is 299. The number of aliphatic hydroxyl groups is 1. The lowest BCUT2D eigenvalue weighted by Crippen LogP contribution is -2.25. The molecule has 0 bridgehead atoms. The van der Waals surface area contributed by atoms with Gasteiger partial charge < -0.3 is 5.11 Å². The van der Waals surface area contributed by atoms with E-state index in [1.54, 1.807) is 0 Å². The van der Waals surface area contributed by atoms with Crippen LogP contribution in [-0.4, -0.2) is 21.0 Å². The van der Waals surface area contributed by atoms with Gasteiger partial charge in [0.25, 0.3) is 0 Å². The maximum atomic E-state index is 9.84. The average molecular weight is 210 g/mol. The van der Waals surface area contributed by atoms with Gasteiger partial charge in [0, 0.05) is 13.2 Å². The van der Waals surface area contributed by atoms with E-state index >= 15 is 0 Å². The molecule has 0 aliphatic heterocycles. The van der Waals surface area contributed by atoms with Crippen LogP contribution in [0.1, 0.15) is 39.3 Å². The molecule has 1 N–H and O–H groups in total. The van der Waals surface area contributed by atoms with E-state index in [0.29, 0.717) is 0 Å². The van der Waals surface area contributed by atoms with E-state index < -0.39 is 0 Å². The second-order valence-corrected chi connectivity index (χ2v) is 5.25. The van der Waals surface area contributed by atoms with Gasteiger partial charge in [-0.1, -0.05) is 20.8 Å². The minimum atomic E-state index is -0.221. The Labute approximate surface area is 92.1 Å². The summed E-state index contributed by atoms with van der Waals surface area (Å²) in [5, 5.41) is 14.1. The highest BCUT2D eigenvalue weighted by Crippen LogP contribution is 2.23. The Morgan fingerprint density at radius 2 is 2.13 bits per heavy atom. The van der Waals surface area contributed by atoms with Crippen molar-refractivity contribution in [1.82, 2.24) is 9.78 Å². The standard InChI is InChI=1S/C12H22N2O/c1-12(2,3)11(15)7-5-6-10-8-9-14(4)13-10/h8-9,11,15H,5-7H2,1-4H3. The Morgan fingerprint density at radius 1 is 1.47 bits per heavy atom. The van der Waals surface area contributed by atoms with Crippen molar-refractivity contribution in [1.29, 1.82) is 0 Å². The highest BCUT2D eigenvalue weighted by Gasteiger charge is 2.21. The topological polar surface area (TPSA) is 38.0 Å². The fourth-order valence-electron chi connectivity index (χ4n) is 1.51. The quantitative estimate of drug-likeness (QED) is 0.827. The molecule has 15 heavy (non-hydrogen) atoms. The van der Waals surface area contributed by atoms with Crippen molar-refractivity contribution < 1.29 is 5.11 Å². The lowest BCUT2D eigenvalue weighted by Gasteiger charge is -2.25. The Balaban J connectivity index is 2.28. The molecule has 0 saturated heterocycles. The molecule has 0 aliphatic carbocycles. The molecule has 0 amide bonds. The van der Waals surface area contributed by atoms with Gasteiger partial charge >= 0.3 is 0 Å². The number of hydrogen-bond donors (Lipinski definition) is 1. The summed E-state index contributed by atoms with van der Waals surface area (Å²) >= 11 is 0. The summed E-state index contributed by atoms with van der Waals surface area (Å²) in [7, 11) is 1.92. The minimum absolute atomic E-state index is 0.00981. The van der Waals surface area contributed by atoms with Crippen LogP contribution in [0.3, 0.4) is 0 Å². The van der Waals surface area contributed by atoms with Gasteiger partial charge in [0.05, 0.1) is 11.8 Å². The molecule has 0 saturated carbocycles. The molecule has 1 aromatic rings. The van der Waals surface area contributed by atoms with Crippen LogP contribution < -0.4 is 0 Å². The fraction of sp³-hybridized carbons (Fsp3) is 0.750. The van der Waals surface area contributed by atoms with Gasteiger partial charge in [0.1, 0.15) is 0 Å². The van der Waals surface area contributed by atoms with Crippen LogP contribution in [0.4, 0.5) is 0 Å². The van der Waals surface area contributed by atoms with E-state index in [9.17, 15) is 5.11 Å². The first-order valence-corrected chi connectivity index (χ1v) is 5.56. The molecule has 3 heteroatoms. The van der Waals surface area contributed by atoms with Gasteiger partial charge in [0.2, 0.25) is 0 Å². The number of aliphatic hydroxyl groups excluding tert-OH is 1. The van der Waals surface area contributed by atoms with E-state index in [0.717, 1.165) is 25.0 Å². The second-order valence-electron chi connectivity index (χ2n) is 5.25. The number of hydrogen-bond acceptors (Lipinski definition) is 2. The first-order chi connectivity index (χ1) is 6.89. The van der Waals surface area contributed by atoms with Gasteiger partial charge in [-0.3, -0.25) is 4.68 Å². The largest absolute Gasteiger partial charge is 0.393 e. The van der Waals surface area contributed by atoms with Crippen LogP contribution in [0, 0.1) is 5.41 Å². The zero-order chi connectivity index (χ0) is 11.5. The van der Waals surface area contributed by atoms with E-state index in [1.807, 2.05) is 24.0 Å². The first-order valence-electron chi connectivity index (χ1n) is 5.56. The van der Waals surface area contributed by atoms with Crippen molar-refractivity contribution in [3.8, 4) is 0 Å². The molecule has 1 heterocycles. The molecule has 86 valence electrons. The molecule has 0 radical (unpaired) electrons. The van der Waals surface area contributed by atoms with Crippen LogP contribution in [0.2, 0.25) is 0 Å². The molecule has 0 aromatic carbocycles. The summed E-state index contributed by atoms with van der Waals surface area (Å²) in [5.74, 6) is 0. The third kappa shape index (κ3) is 4.04. The van der Waals surface area contributed by atoms with Crippen LogP contribution in [0.25, 0.3) is 0 Å². The Morgan fingerprint density at radius 3 is 2.60 bits per heavy atom. The van der Waals surface area contributed by atoms with E-state index in [2.05, 4.69) is 25.9 Å². The van der Waals surface area contributed by atoms with Gasteiger partial charge in [-0.25, -0.2) is 0 Å². The van der Waals surface area contributed by atoms with Crippen molar-refractivity contribution >= 4 is 0 Å². The van der Waals surface area contributed by atoms with E-state index in [1.165, 1.54) is 0 Å². The molecule has 1 rings (SSSR count). The third-order valence-corrected chi connectivity index (χ3v) is 2.68. The van der Waals surface area contributed by atoms with Crippen LogP contribution in [0.5, 0.6) is 0 Å². The van der Waals surface area contributed by atoms with E-state index in [-0.39, 0.29) is 11.5 Å². The predicted molar refractivity (Wildman–Crippen MR) is 61.6 cm³/mol. The summed E-state index contributed by atoms with van der Waals surface area (Å²) in [6.07, 6.45) is 4.53. The number of nitrogens with zero attached hydrogens (tertiary/aromatic N) is 2. The minimum Gasteiger partial charge on any atom is -0.393 e. The van der Waals surface area contributed by atoms with Gasteiger partial charge in [-0.2, -0.15) is 5.10 Å². The Kier molecular flexibility index (Phi) is 3.91. The highest BCUT2D eigenvalue weighted by molar-refractivity contribution is 4.98. The molecular weight excluding hydrogens is 188 g/mol. The molecule has 3 nitrogen and oxygen atoms in total. The maximum absolute atomic E-state index is 9.84. The molecule has 1 unspecified atom stereocenters. The Hall–Kier alpha value is -0.830. The lowest BCUT2D eigenvalue weighted by atomic mass is 9.86. The predicted octanol–water partition coefficient (Wildman–Crippen LogP) is 2.15. The number of aryl methyl sites for hydroxylation is 2. The molecule has 0 aliphatic rings. The normalized spacial score (nSPS) is 14.2. The van der Waals surface area contributed by atoms with Crippen molar-refractivity contribution in [3.63, 3.8) is 0 Å². The fourth-order valence-corrected chi connectivity index (χ4v) is 1.51. The number of aromatic nitrogens is 2. The van der Waals surface area contributed by atoms with Crippen molar-refractivity contribution in [2.45, 2.75) is 46.1 Å². The average Bonchev–Trinajstić information content (AvgIpc) is 2.49. The third-order valence-electron chi connectivity index (χ3n) is 2.68. The van der Waals surface area contributed by atoms with Crippen LogP contribution in [-0.2, 0) is 13.5 Å². The van der Waals surface area contributed by atoms with Crippen molar-refractivity contribution in [2.75, 3.05) is 0 Å². The zero-order valence-corrected chi connectivity index (χ0v) is 10.2. The SMILES string of the molecule is Cn1ccc(CCCC(O)C(C)(C)C)n1. The number of rotatable bonds is 4. The van der Waals surface area contributed by atoms with E-state index in [4.69, 9.17) is 0 Å². The zero-order valence-electron chi connectivity index (χ0n) is 10.2. The van der Waals surface area contributed by atoms with Crippen molar-refractivity contribution in [2.24, 2.45) is 12.5 Å². The second kappa shape index (κ2) is 4.79. The monoisotopic (exact) mass is 210 g/mol. The molecular formula is C12H22N2O. The van der Waals surface area contributed by atoms with Gasteiger partial charge in [-0.05, 0) is 30.7 Å². The molecule has 1 atom stereocenters.